The quantitative estimate of drug-likeness (QED) is 0.511. The highest BCUT2D eigenvalue weighted by atomic mass is 19.2. The van der Waals surface area contributed by atoms with Gasteiger partial charge in [-0.05, 0) is 35.9 Å². The first-order chi connectivity index (χ1) is 12.5. The molecule has 3 aromatic rings. The molecule has 3 rings (SSSR count). The van der Waals surface area contributed by atoms with Crippen molar-refractivity contribution in [2.24, 2.45) is 0 Å². The zero-order valence-corrected chi connectivity index (χ0v) is 13.3. The first kappa shape index (κ1) is 17.2. The smallest absolute Gasteiger partial charge is 0.311 e. The van der Waals surface area contributed by atoms with Gasteiger partial charge in [0.25, 0.3) is 0 Å². The third kappa shape index (κ3) is 4.07. The van der Waals surface area contributed by atoms with E-state index >= 15 is 0 Å². The average molecular weight is 357 g/mol. The van der Waals surface area contributed by atoms with Gasteiger partial charge in [-0.15, -0.1) is 0 Å². The van der Waals surface area contributed by atoms with E-state index < -0.39 is 16.6 Å². The third-order valence-corrected chi connectivity index (χ3v) is 3.48. The van der Waals surface area contributed by atoms with Crippen LogP contribution in [0.2, 0.25) is 0 Å². The normalized spacial score (nSPS) is 10.4. The summed E-state index contributed by atoms with van der Waals surface area (Å²) in [6.45, 7) is 0.442. The molecule has 0 bridgehead atoms. The van der Waals surface area contributed by atoms with Gasteiger partial charge in [-0.2, -0.15) is 0 Å². The van der Waals surface area contributed by atoms with Crippen molar-refractivity contribution in [3.8, 4) is 0 Å². The van der Waals surface area contributed by atoms with Crippen molar-refractivity contribution in [2.45, 2.75) is 6.54 Å². The van der Waals surface area contributed by atoms with Crippen LogP contribution in [0.1, 0.15) is 5.56 Å². The summed E-state index contributed by atoms with van der Waals surface area (Å²) in [5.74, 6) is -1.77. The summed E-state index contributed by atoms with van der Waals surface area (Å²) in [4.78, 5) is 18.7. The van der Waals surface area contributed by atoms with E-state index in [1.54, 1.807) is 12.4 Å². The van der Waals surface area contributed by atoms with E-state index in [1.165, 1.54) is 18.2 Å². The minimum absolute atomic E-state index is 0.0827. The summed E-state index contributed by atoms with van der Waals surface area (Å²) in [6.07, 6.45) is 3.30. The predicted molar refractivity (Wildman–Crippen MR) is 92.1 cm³/mol. The number of pyridine rings is 2. The number of nitro groups is 1. The zero-order valence-electron chi connectivity index (χ0n) is 13.3. The van der Waals surface area contributed by atoms with Gasteiger partial charge in [-0.3, -0.25) is 15.1 Å². The molecule has 0 saturated heterocycles. The van der Waals surface area contributed by atoms with Crippen LogP contribution in [-0.4, -0.2) is 14.9 Å². The van der Waals surface area contributed by atoms with Crippen molar-refractivity contribution in [1.29, 1.82) is 0 Å². The van der Waals surface area contributed by atoms with Gasteiger partial charge in [-0.1, -0.05) is 0 Å². The van der Waals surface area contributed by atoms with Crippen LogP contribution in [0.5, 0.6) is 0 Å². The highest BCUT2D eigenvalue weighted by Gasteiger charge is 2.17. The Hall–Kier alpha value is -3.62. The fraction of sp³-hybridized carbons (Fsp3) is 0.0588. The molecule has 0 aliphatic heterocycles. The SMILES string of the molecule is O=[N+]([O-])c1ccc(NCc2ccncc2)nc1Nc1ccc(F)c(F)c1. The monoisotopic (exact) mass is 357 g/mol. The van der Waals surface area contributed by atoms with Crippen LogP contribution < -0.4 is 10.6 Å². The molecule has 2 N–H and O–H groups in total. The number of nitrogens with one attached hydrogen (secondary N) is 2. The molecule has 0 saturated carbocycles. The Morgan fingerprint density at radius 1 is 1.04 bits per heavy atom. The van der Waals surface area contributed by atoms with E-state index in [0.717, 1.165) is 17.7 Å². The van der Waals surface area contributed by atoms with E-state index in [2.05, 4.69) is 20.6 Å². The molecule has 2 heterocycles. The molecule has 0 aliphatic carbocycles. The second-order valence-corrected chi connectivity index (χ2v) is 5.28. The second-order valence-electron chi connectivity index (χ2n) is 5.28. The van der Waals surface area contributed by atoms with Crippen molar-refractivity contribution in [3.63, 3.8) is 0 Å². The Labute approximate surface area is 146 Å². The van der Waals surface area contributed by atoms with E-state index in [0.29, 0.717) is 12.4 Å². The molecule has 0 aliphatic rings. The number of hydrogen-bond donors (Lipinski definition) is 2. The lowest BCUT2D eigenvalue weighted by Gasteiger charge is -2.10. The number of aromatic nitrogens is 2. The van der Waals surface area contributed by atoms with Gasteiger partial charge in [0.2, 0.25) is 5.82 Å². The van der Waals surface area contributed by atoms with Gasteiger partial charge in [0.05, 0.1) is 4.92 Å². The fourth-order valence-electron chi connectivity index (χ4n) is 2.19. The summed E-state index contributed by atoms with van der Waals surface area (Å²) >= 11 is 0. The maximum absolute atomic E-state index is 13.3. The number of hydrogen-bond acceptors (Lipinski definition) is 6. The van der Waals surface area contributed by atoms with Crippen LogP contribution in [0.15, 0.2) is 54.9 Å². The lowest BCUT2D eigenvalue weighted by atomic mass is 10.2. The standard InChI is InChI=1S/C17H13F2N5O2/c18-13-2-1-12(9-14(13)19)22-17-15(24(25)26)3-4-16(23-17)21-10-11-5-7-20-8-6-11/h1-9H,10H2,(H2,21,22,23). The number of halogens is 2. The molecule has 132 valence electrons. The number of benzene rings is 1. The van der Waals surface area contributed by atoms with E-state index in [1.807, 2.05) is 12.1 Å². The van der Waals surface area contributed by atoms with Crippen molar-refractivity contribution in [2.75, 3.05) is 10.6 Å². The maximum atomic E-state index is 13.3. The first-order valence-electron chi connectivity index (χ1n) is 7.53. The Kier molecular flexibility index (Phi) is 4.97. The minimum Gasteiger partial charge on any atom is -0.366 e. The van der Waals surface area contributed by atoms with Crippen molar-refractivity contribution < 1.29 is 13.7 Å². The molecule has 0 unspecified atom stereocenters. The summed E-state index contributed by atoms with van der Waals surface area (Å²) < 4.78 is 26.4. The highest BCUT2D eigenvalue weighted by Crippen LogP contribution is 2.28. The van der Waals surface area contributed by atoms with Crippen LogP contribution in [-0.2, 0) is 6.54 Å². The van der Waals surface area contributed by atoms with Gasteiger partial charge in [0, 0.05) is 36.8 Å². The summed E-state index contributed by atoms with van der Waals surface area (Å²) in [5.41, 5.74) is 0.810. The molecule has 7 nitrogen and oxygen atoms in total. The average Bonchev–Trinajstić information content (AvgIpc) is 2.64. The number of rotatable bonds is 6. The van der Waals surface area contributed by atoms with Crippen LogP contribution >= 0.6 is 0 Å². The Bertz CT molecular complexity index is 938. The second kappa shape index (κ2) is 7.51. The number of nitrogens with zero attached hydrogens (tertiary/aromatic N) is 3. The van der Waals surface area contributed by atoms with Gasteiger partial charge in [0.1, 0.15) is 5.82 Å². The van der Waals surface area contributed by atoms with Crippen LogP contribution in [0.3, 0.4) is 0 Å². The summed E-state index contributed by atoms with van der Waals surface area (Å²) in [7, 11) is 0. The van der Waals surface area contributed by atoms with Crippen LogP contribution in [0.25, 0.3) is 0 Å². The van der Waals surface area contributed by atoms with E-state index in [4.69, 9.17) is 0 Å². The molecule has 0 radical (unpaired) electrons. The van der Waals surface area contributed by atoms with E-state index in [-0.39, 0.29) is 17.2 Å². The van der Waals surface area contributed by atoms with Gasteiger partial charge in [0.15, 0.2) is 11.6 Å². The molecule has 26 heavy (non-hydrogen) atoms. The summed E-state index contributed by atoms with van der Waals surface area (Å²) in [5, 5.41) is 16.9. The molecular weight excluding hydrogens is 344 g/mol. The summed E-state index contributed by atoms with van der Waals surface area (Å²) in [6, 6.07) is 9.48. The van der Waals surface area contributed by atoms with Crippen molar-refractivity contribution >= 4 is 23.0 Å². The fourth-order valence-corrected chi connectivity index (χ4v) is 2.19. The maximum Gasteiger partial charge on any atom is 0.311 e. The molecule has 0 spiro atoms. The van der Waals surface area contributed by atoms with Crippen LogP contribution in [0.4, 0.5) is 31.8 Å². The Morgan fingerprint density at radius 3 is 2.50 bits per heavy atom. The zero-order chi connectivity index (χ0) is 18.5. The van der Waals surface area contributed by atoms with Gasteiger partial charge >= 0.3 is 5.69 Å². The molecule has 0 fully saturated rings. The van der Waals surface area contributed by atoms with Crippen LogP contribution in [0, 0.1) is 21.7 Å². The largest absolute Gasteiger partial charge is 0.366 e. The number of anilines is 3. The van der Waals surface area contributed by atoms with Gasteiger partial charge < -0.3 is 10.6 Å². The first-order valence-corrected chi connectivity index (χ1v) is 7.53. The Morgan fingerprint density at radius 2 is 1.81 bits per heavy atom. The predicted octanol–water partition coefficient (Wildman–Crippen LogP) is 4.02. The topological polar surface area (TPSA) is 93.0 Å². The molecule has 1 aromatic carbocycles. The van der Waals surface area contributed by atoms with Crippen molar-refractivity contribution in [1.82, 2.24) is 9.97 Å². The molecule has 2 aromatic heterocycles. The van der Waals surface area contributed by atoms with E-state index in [9.17, 15) is 18.9 Å². The lowest BCUT2D eigenvalue weighted by Crippen LogP contribution is -2.05. The molecule has 0 amide bonds. The minimum atomic E-state index is -1.07. The van der Waals surface area contributed by atoms with Crippen molar-refractivity contribution in [3.05, 3.63) is 82.2 Å². The molecule has 0 atom stereocenters. The van der Waals surface area contributed by atoms with Gasteiger partial charge in [-0.25, -0.2) is 13.8 Å². The Balaban J connectivity index is 1.84. The molecule has 9 heteroatoms. The highest BCUT2D eigenvalue weighted by molar-refractivity contribution is 5.67. The lowest BCUT2D eigenvalue weighted by molar-refractivity contribution is -0.384. The third-order valence-electron chi connectivity index (χ3n) is 3.48. The molecular formula is C17H13F2N5O2.